The third-order valence-corrected chi connectivity index (χ3v) is 5.87. The van der Waals surface area contributed by atoms with Gasteiger partial charge in [0.25, 0.3) is 0 Å². The molecular formula is C19H34N2O8. The molecule has 0 aromatic carbocycles. The van der Waals surface area contributed by atoms with Crippen LogP contribution in [0.15, 0.2) is 5.16 Å². The molecule has 2 aliphatic carbocycles. The summed E-state index contributed by atoms with van der Waals surface area (Å²) in [6, 6.07) is 0. The number of aliphatic hydroxyl groups excluding tert-OH is 1. The predicted molar refractivity (Wildman–Crippen MR) is 105 cm³/mol. The number of carboxylic acids is 2. The van der Waals surface area contributed by atoms with E-state index in [0.29, 0.717) is 19.6 Å². The molecule has 10 heteroatoms. The first-order valence-corrected chi connectivity index (χ1v) is 9.77. The second kappa shape index (κ2) is 11.4. The predicted octanol–water partition coefficient (Wildman–Crippen LogP) is 0.415. The van der Waals surface area contributed by atoms with Gasteiger partial charge in [0.15, 0.2) is 0 Å². The van der Waals surface area contributed by atoms with E-state index in [2.05, 4.69) is 17.0 Å². The topological polar surface area (TPSA) is 149 Å². The molecule has 2 saturated carbocycles. The molecule has 0 saturated heterocycles. The lowest BCUT2D eigenvalue weighted by Crippen LogP contribution is -2.51. The van der Waals surface area contributed by atoms with Crippen molar-refractivity contribution in [2.45, 2.75) is 50.7 Å². The van der Waals surface area contributed by atoms with E-state index in [1.165, 1.54) is 0 Å². The summed E-state index contributed by atoms with van der Waals surface area (Å²) in [7, 11) is 4.00. The Balaban J connectivity index is 0.000000612. The minimum atomic E-state index is -1.82. The van der Waals surface area contributed by atoms with Gasteiger partial charge in [-0.3, -0.25) is 0 Å². The molecule has 10 nitrogen and oxygen atoms in total. The molecule has 0 aromatic rings. The zero-order chi connectivity index (χ0) is 22.1. The third kappa shape index (κ3) is 7.22. The molecule has 0 aromatic heterocycles. The zero-order valence-corrected chi connectivity index (χ0v) is 17.4. The van der Waals surface area contributed by atoms with Crippen LogP contribution in [0.5, 0.6) is 0 Å². The Morgan fingerprint density at radius 1 is 1.17 bits per heavy atom. The highest BCUT2D eigenvalue weighted by atomic mass is 16.6. The van der Waals surface area contributed by atoms with Gasteiger partial charge in [0.05, 0.1) is 24.9 Å². The van der Waals surface area contributed by atoms with Crippen LogP contribution < -0.4 is 0 Å². The highest BCUT2D eigenvalue weighted by Crippen LogP contribution is 2.57. The molecule has 29 heavy (non-hydrogen) atoms. The Labute approximate surface area is 171 Å². The van der Waals surface area contributed by atoms with Crippen molar-refractivity contribution in [3.63, 3.8) is 0 Å². The van der Waals surface area contributed by atoms with E-state index >= 15 is 0 Å². The van der Waals surface area contributed by atoms with Crippen LogP contribution in [-0.4, -0.2) is 95.6 Å². The fourth-order valence-corrected chi connectivity index (χ4v) is 4.03. The Hall–Kier alpha value is -1.75. The van der Waals surface area contributed by atoms with Crippen LogP contribution in [0.25, 0.3) is 0 Å². The quantitative estimate of drug-likeness (QED) is 0.190. The van der Waals surface area contributed by atoms with E-state index < -0.39 is 17.5 Å². The number of hydrogen-bond donors (Lipinski definition) is 4. The fraction of sp³-hybridized carbons (Fsp3) is 0.842. The highest BCUT2D eigenvalue weighted by Gasteiger charge is 2.58. The normalized spacial score (nSPS) is 31.2. The van der Waals surface area contributed by atoms with Crippen molar-refractivity contribution in [1.82, 2.24) is 4.90 Å². The van der Waals surface area contributed by atoms with Gasteiger partial charge < -0.3 is 34.9 Å². The third-order valence-electron chi connectivity index (χ3n) is 5.87. The van der Waals surface area contributed by atoms with Gasteiger partial charge in [-0.15, -0.1) is 0 Å². The van der Waals surface area contributed by atoms with Crippen molar-refractivity contribution in [2.75, 3.05) is 40.5 Å². The number of likely N-dealkylation sites (N-methyl/N-ethyl adjacent to an activating group) is 1. The molecule has 2 rings (SSSR count). The summed E-state index contributed by atoms with van der Waals surface area (Å²) >= 11 is 0. The van der Waals surface area contributed by atoms with Gasteiger partial charge in [-0.25, -0.2) is 9.59 Å². The Morgan fingerprint density at radius 3 is 2.38 bits per heavy atom. The molecule has 0 bridgehead atoms. The van der Waals surface area contributed by atoms with E-state index in [4.69, 9.17) is 34.5 Å². The van der Waals surface area contributed by atoms with Crippen LogP contribution in [0, 0.1) is 11.3 Å². The molecule has 0 spiro atoms. The molecule has 168 valence electrons. The summed E-state index contributed by atoms with van der Waals surface area (Å²) in [5, 5.41) is 38.9. The Kier molecular flexibility index (Phi) is 9.97. The van der Waals surface area contributed by atoms with Gasteiger partial charge in [0, 0.05) is 30.5 Å². The standard InChI is InChI=1S/C17H32N2O4.C2H2O4/c1-16-6-5-15(22-11-9-20)12-17(16,21)7-4-14(16)13-18-23-10-8-19(2)3;3-1(4)2(5)6/h13-15,20-21H,4-12H2,1-3H3;(H,3,4)(H,5,6)/t14-,15+,16-,17+;/m1./s1. The van der Waals surface area contributed by atoms with Crippen LogP contribution in [0.3, 0.4) is 0 Å². The molecule has 0 radical (unpaired) electrons. The van der Waals surface area contributed by atoms with Crippen molar-refractivity contribution < 1.29 is 39.6 Å². The maximum absolute atomic E-state index is 11.1. The molecule has 0 heterocycles. The number of aliphatic hydroxyl groups is 2. The number of nitrogens with zero attached hydrogens (tertiary/aromatic N) is 2. The second-order valence-electron chi connectivity index (χ2n) is 8.05. The van der Waals surface area contributed by atoms with Crippen molar-refractivity contribution in [3.8, 4) is 0 Å². The maximum atomic E-state index is 11.1. The van der Waals surface area contributed by atoms with Gasteiger partial charge in [0.1, 0.15) is 6.61 Å². The number of oxime groups is 1. The van der Waals surface area contributed by atoms with Gasteiger partial charge in [0.2, 0.25) is 0 Å². The number of aliphatic carboxylic acids is 2. The van der Waals surface area contributed by atoms with Gasteiger partial charge in [-0.2, -0.15) is 0 Å². The lowest BCUT2D eigenvalue weighted by Gasteiger charge is -2.48. The average molecular weight is 418 g/mol. The Bertz CT molecular complexity index is 558. The monoisotopic (exact) mass is 418 g/mol. The maximum Gasteiger partial charge on any atom is 0.414 e. The van der Waals surface area contributed by atoms with E-state index in [1.807, 2.05) is 20.3 Å². The van der Waals surface area contributed by atoms with Crippen molar-refractivity contribution in [1.29, 1.82) is 0 Å². The summed E-state index contributed by atoms with van der Waals surface area (Å²) in [5.74, 6) is -3.41. The first-order valence-electron chi connectivity index (χ1n) is 9.77. The second-order valence-corrected chi connectivity index (χ2v) is 8.05. The summed E-state index contributed by atoms with van der Waals surface area (Å²) in [6.45, 7) is 3.97. The molecule has 2 aliphatic rings. The summed E-state index contributed by atoms with van der Waals surface area (Å²) in [5.41, 5.74) is -0.869. The lowest BCUT2D eigenvalue weighted by atomic mass is 9.62. The number of carboxylic acid groups (broad SMARTS) is 2. The number of hydrogen-bond acceptors (Lipinski definition) is 8. The summed E-state index contributed by atoms with van der Waals surface area (Å²) in [4.78, 5) is 25.6. The summed E-state index contributed by atoms with van der Waals surface area (Å²) in [6.07, 6.45) is 6.13. The summed E-state index contributed by atoms with van der Waals surface area (Å²) < 4.78 is 5.65. The van der Waals surface area contributed by atoms with Crippen LogP contribution in [0.4, 0.5) is 0 Å². The molecule has 2 fully saturated rings. The van der Waals surface area contributed by atoms with Gasteiger partial charge in [-0.05, 0) is 39.8 Å². The fourth-order valence-electron chi connectivity index (χ4n) is 4.03. The van der Waals surface area contributed by atoms with Crippen LogP contribution in [0.2, 0.25) is 0 Å². The number of carbonyl (C=O) groups is 2. The largest absolute Gasteiger partial charge is 0.473 e. The Morgan fingerprint density at radius 2 is 1.83 bits per heavy atom. The van der Waals surface area contributed by atoms with Crippen molar-refractivity contribution >= 4 is 18.2 Å². The SMILES string of the molecule is CN(C)CCON=C[C@H]1CC[C@]2(O)C[C@@H](OCCO)CC[C@]12C.O=C(O)C(=O)O. The smallest absolute Gasteiger partial charge is 0.414 e. The zero-order valence-electron chi connectivity index (χ0n) is 17.4. The average Bonchev–Trinajstić information content (AvgIpc) is 2.90. The number of ether oxygens (including phenoxy) is 1. The molecule has 4 N–H and O–H groups in total. The molecule has 0 aliphatic heterocycles. The van der Waals surface area contributed by atoms with Crippen LogP contribution in [0.1, 0.15) is 39.0 Å². The van der Waals surface area contributed by atoms with E-state index in [9.17, 15) is 5.11 Å². The van der Waals surface area contributed by atoms with Gasteiger partial charge >= 0.3 is 11.9 Å². The van der Waals surface area contributed by atoms with E-state index in [-0.39, 0.29) is 24.0 Å². The van der Waals surface area contributed by atoms with E-state index in [0.717, 1.165) is 32.2 Å². The minimum absolute atomic E-state index is 0.0335. The van der Waals surface area contributed by atoms with Crippen LogP contribution >= 0.6 is 0 Å². The molecule has 0 unspecified atom stereocenters. The number of fused-ring (bicyclic) bond motifs is 1. The van der Waals surface area contributed by atoms with Crippen molar-refractivity contribution in [2.24, 2.45) is 16.5 Å². The molecular weight excluding hydrogens is 384 g/mol. The highest BCUT2D eigenvalue weighted by molar-refractivity contribution is 6.27. The van der Waals surface area contributed by atoms with Crippen molar-refractivity contribution in [3.05, 3.63) is 0 Å². The first-order chi connectivity index (χ1) is 13.6. The number of rotatable bonds is 8. The first kappa shape index (κ1) is 25.3. The van der Waals surface area contributed by atoms with E-state index in [1.54, 1.807) is 0 Å². The lowest BCUT2D eigenvalue weighted by molar-refractivity contribution is -0.159. The minimum Gasteiger partial charge on any atom is -0.473 e. The molecule has 4 atom stereocenters. The van der Waals surface area contributed by atoms with Crippen LogP contribution in [-0.2, 0) is 19.2 Å². The van der Waals surface area contributed by atoms with Gasteiger partial charge in [-0.1, -0.05) is 12.1 Å². The molecule has 0 amide bonds.